The standard InChI is InChI=1S/C28H29NO11/c1-32-19-8-15-16(9-20(19)33-2)25(37-12-29-27(30)26(35-4)22(34-3)11-40-29)17-10-36-28(31)24(17)23(15)14-5-6-18-21(7-14)39-13-38-18/h5-9,22,26-27,30H,10-13H2,1-4H3/t22-,26+,27-/m1/s1. The molecule has 1 N–H and O–H groups in total. The van der Waals surface area contributed by atoms with Crippen molar-refractivity contribution in [2.24, 2.45) is 0 Å². The van der Waals surface area contributed by atoms with Crippen LogP contribution in [0.4, 0.5) is 0 Å². The number of cyclic esters (lactones) is 1. The molecule has 0 spiro atoms. The fourth-order valence-electron chi connectivity index (χ4n) is 5.34. The fourth-order valence-corrected chi connectivity index (χ4v) is 5.34. The van der Waals surface area contributed by atoms with E-state index in [0.29, 0.717) is 56.2 Å². The van der Waals surface area contributed by atoms with Gasteiger partial charge in [-0.25, -0.2) is 4.79 Å². The van der Waals surface area contributed by atoms with E-state index in [1.807, 2.05) is 12.1 Å². The fraction of sp³-hybridized carbons (Fsp3) is 0.393. The molecular formula is C28H29NO11. The second-order valence-electron chi connectivity index (χ2n) is 9.33. The van der Waals surface area contributed by atoms with Gasteiger partial charge in [0.1, 0.15) is 24.6 Å². The average molecular weight is 556 g/mol. The van der Waals surface area contributed by atoms with E-state index in [9.17, 15) is 9.90 Å². The predicted molar refractivity (Wildman–Crippen MR) is 139 cm³/mol. The zero-order chi connectivity index (χ0) is 28.0. The van der Waals surface area contributed by atoms with Gasteiger partial charge < -0.3 is 43.0 Å². The van der Waals surface area contributed by atoms with Crippen LogP contribution in [0, 0.1) is 0 Å². The van der Waals surface area contributed by atoms with Gasteiger partial charge in [0, 0.05) is 30.7 Å². The van der Waals surface area contributed by atoms with Crippen molar-refractivity contribution in [2.45, 2.75) is 25.0 Å². The third-order valence-electron chi connectivity index (χ3n) is 7.35. The molecule has 3 aromatic rings. The van der Waals surface area contributed by atoms with Crippen LogP contribution >= 0.6 is 0 Å². The lowest BCUT2D eigenvalue weighted by Gasteiger charge is -2.39. The summed E-state index contributed by atoms with van der Waals surface area (Å²) in [5.41, 5.74) is 2.28. The van der Waals surface area contributed by atoms with Gasteiger partial charge in [0.2, 0.25) is 6.79 Å². The number of methoxy groups -OCH3 is 4. The van der Waals surface area contributed by atoms with E-state index in [4.69, 9.17) is 42.7 Å². The van der Waals surface area contributed by atoms with E-state index in [1.54, 1.807) is 18.2 Å². The minimum Gasteiger partial charge on any atom is -0.493 e. The monoisotopic (exact) mass is 555 g/mol. The van der Waals surface area contributed by atoms with Gasteiger partial charge in [-0.3, -0.25) is 4.84 Å². The molecule has 3 atom stereocenters. The molecule has 0 bridgehead atoms. The molecule has 1 fully saturated rings. The van der Waals surface area contributed by atoms with Crippen molar-refractivity contribution in [2.75, 3.05) is 48.6 Å². The van der Waals surface area contributed by atoms with Crippen molar-refractivity contribution >= 4 is 16.7 Å². The van der Waals surface area contributed by atoms with Crippen LogP contribution in [0.3, 0.4) is 0 Å². The topological polar surface area (TPSA) is 124 Å². The number of esters is 1. The minimum atomic E-state index is -1.16. The highest BCUT2D eigenvalue weighted by Gasteiger charge is 2.40. The van der Waals surface area contributed by atoms with E-state index < -0.39 is 24.4 Å². The second kappa shape index (κ2) is 10.6. The van der Waals surface area contributed by atoms with Gasteiger partial charge >= 0.3 is 5.97 Å². The second-order valence-corrected chi connectivity index (χ2v) is 9.33. The van der Waals surface area contributed by atoms with Crippen LogP contribution in [0.5, 0.6) is 28.7 Å². The number of carbonyl (C=O) groups excluding carboxylic acids is 1. The number of benzene rings is 3. The Balaban J connectivity index is 1.49. The summed E-state index contributed by atoms with van der Waals surface area (Å²) < 4.78 is 44.9. The molecule has 3 aliphatic heterocycles. The van der Waals surface area contributed by atoms with Crippen LogP contribution < -0.4 is 23.7 Å². The molecule has 0 radical (unpaired) electrons. The van der Waals surface area contributed by atoms with E-state index in [2.05, 4.69) is 0 Å². The van der Waals surface area contributed by atoms with Gasteiger partial charge in [0.15, 0.2) is 36.0 Å². The number of hydroxylamine groups is 2. The Labute approximate surface area is 229 Å². The van der Waals surface area contributed by atoms with Crippen molar-refractivity contribution in [3.63, 3.8) is 0 Å². The first-order chi connectivity index (χ1) is 19.5. The Bertz CT molecular complexity index is 1460. The van der Waals surface area contributed by atoms with Crippen LogP contribution in [-0.4, -0.2) is 83.1 Å². The largest absolute Gasteiger partial charge is 0.493 e. The average Bonchev–Trinajstić information content (AvgIpc) is 3.61. The Hall–Kier alpha value is -3.81. The van der Waals surface area contributed by atoms with Crippen molar-refractivity contribution in [3.05, 3.63) is 41.5 Å². The number of fused-ring (bicyclic) bond motifs is 3. The highest BCUT2D eigenvalue weighted by atomic mass is 16.7. The normalized spacial score (nSPS) is 21.8. The highest BCUT2D eigenvalue weighted by Crippen LogP contribution is 2.49. The van der Waals surface area contributed by atoms with Crippen LogP contribution in [0.15, 0.2) is 30.3 Å². The lowest BCUT2D eigenvalue weighted by atomic mass is 9.89. The number of rotatable bonds is 8. The van der Waals surface area contributed by atoms with Crippen molar-refractivity contribution < 1.29 is 52.6 Å². The van der Waals surface area contributed by atoms with Crippen LogP contribution in [0.25, 0.3) is 21.9 Å². The first kappa shape index (κ1) is 26.4. The van der Waals surface area contributed by atoms with E-state index in [1.165, 1.54) is 33.5 Å². The summed E-state index contributed by atoms with van der Waals surface area (Å²) in [6, 6.07) is 9.07. The van der Waals surface area contributed by atoms with E-state index in [0.717, 1.165) is 5.56 Å². The Morgan fingerprint density at radius 1 is 0.925 bits per heavy atom. The first-order valence-corrected chi connectivity index (χ1v) is 12.6. The summed E-state index contributed by atoms with van der Waals surface area (Å²) >= 11 is 0. The zero-order valence-corrected chi connectivity index (χ0v) is 22.4. The zero-order valence-electron chi connectivity index (χ0n) is 22.4. The molecule has 6 rings (SSSR count). The molecule has 40 heavy (non-hydrogen) atoms. The number of aliphatic hydroxyl groups excluding tert-OH is 1. The maximum Gasteiger partial charge on any atom is 0.339 e. The third-order valence-corrected chi connectivity index (χ3v) is 7.35. The van der Waals surface area contributed by atoms with Gasteiger partial charge in [0.05, 0.1) is 26.4 Å². The molecule has 1 saturated heterocycles. The van der Waals surface area contributed by atoms with Crippen LogP contribution in [-0.2, 0) is 25.7 Å². The Kier molecular flexibility index (Phi) is 7.02. The van der Waals surface area contributed by atoms with E-state index in [-0.39, 0.29) is 26.7 Å². The number of hydrogen-bond acceptors (Lipinski definition) is 12. The molecule has 3 heterocycles. The summed E-state index contributed by atoms with van der Waals surface area (Å²) in [6.45, 7) is 0.104. The molecule has 12 nitrogen and oxygen atoms in total. The predicted octanol–water partition coefficient (Wildman–Crippen LogP) is 2.86. The van der Waals surface area contributed by atoms with Gasteiger partial charge in [-0.1, -0.05) is 6.07 Å². The van der Waals surface area contributed by atoms with Gasteiger partial charge in [-0.05, 0) is 35.2 Å². The van der Waals surface area contributed by atoms with Crippen LogP contribution in [0.1, 0.15) is 15.9 Å². The summed E-state index contributed by atoms with van der Waals surface area (Å²) in [5.74, 6) is 2.04. The Morgan fingerprint density at radius 2 is 1.68 bits per heavy atom. The van der Waals surface area contributed by atoms with Crippen molar-refractivity contribution in [1.82, 2.24) is 5.06 Å². The minimum absolute atomic E-state index is 0.00118. The quantitative estimate of drug-likeness (QED) is 0.411. The maximum absolute atomic E-state index is 13.2. The molecule has 212 valence electrons. The molecule has 0 saturated carbocycles. The van der Waals surface area contributed by atoms with E-state index >= 15 is 0 Å². The molecule has 3 aromatic carbocycles. The summed E-state index contributed by atoms with van der Waals surface area (Å²) in [7, 11) is 6.09. The molecule has 0 aromatic heterocycles. The SMILES string of the molecule is COc1cc2c(OCN3OC[C@@H](OC)[C@H](OC)[C@H]3O)c3c(c(-c4ccc5c(c4)OCO5)c2cc1OC)C(=O)OC3. The van der Waals surface area contributed by atoms with Gasteiger partial charge in [0.25, 0.3) is 0 Å². The summed E-state index contributed by atoms with van der Waals surface area (Å²) in [5, 5.41) is 13.4. The highest BCUT2D eigenvalue weighted by molar-refractivity contribution is 6.14. The molecule has 0 unspecified atom stereocenters. The molecule has 0 aliphatic carbocycles. The van der Waals surface area contributed by atoms with Crippen molar-refractivity contribution in [1.29, 1.82) is 0 Å². The van der Waals surface area contributed by atoms with Crippen molar-refractivity contribution in [3.8, 4) is 39.9 Å². The van der Waals surface area contributed by atoms with Gasteiger partial charge in [-0.15, -0.1) is 5.06 Å². The maximum atomic E-state index is 13.2. The van der Waals surface area contributed by atoms with Gasteiger partial charge in [-0.2, -0.15) is 0 Å². The molecule has 0 amide bonds. The summed E-state index contributed by atoms with van der Waals surface area (Å²) in [6.07, 6.45) is -2.28. The number of nitrogens with zero attached hydrogens (tertiary/aromatic N) is 1. The molecule has 3 aliphatic rings. The lowest BCUT2D eigenvalue weighted by molar-refractivity contribution is -0.340. The summed E-state index contributed by atoms with van der Waals surface area (Å²) in [4.78, 5) is 18.9. The number of ether oxygens (including phenoxy) is 8. The first-order valence-electron chi connectivity index (χ1n) is 12.6. The molecule has 12 heteroatoms. The van der Waals surface area contributed by atoms with Crippen LogP contribution in [0.2, 0.25) is 0 Å². The Morgan fingerprint density at radius 3 is 2.40 bits per heavy atom. The smallest absolute Gasteiger partial charge is 0.339 e. The number of hydrogen-bond donors (Lipinski definition) is 1. The third kappa shape index (κ3) is 4.25. The lowest BCUT2D eigenvalue weighted by Crippen LogP contribution is -2.57. The number of aliphatic hydroxyl groups is 1. The number of carbonyl (C=O) groups is 1. The molecular weight excluding hydrogens is 526 g/mol.